The van der Waals surface area contributed by atoms with Gasteiger partial charge in [0.2, 0.25) is 5.91 Å². The highest BCUT2D eigenvalue weighted by atomic mass is 16.2. The molecule has 0 saturated heterocycles. The number of amides is 1. The van der Waals surface area contributed by atoms with E-state index in [9.17, 15) is 9.59 Å². The summed E-state index contributed by atoms with van der Waals surface area (Å²) in [4.78, 5) is 21.9. The van der Waals surface area contributed by atoms with Crippen molar-refractivity contribution in [3.63, 3.8) is 0 Å². The molecule has 0 aromatic carbocycles. The average molecular weight is 185 g/mol. The molecule has 0 aliphatic rings. The van der Waals surface area contributed by atoms with Gasteiger partial charge in [-0.3, -0.25) is 9.59 Å². The van der Waals surface area contributed by atoms with Gasteiger partial charge in [0.15, 0.2) is 0 Å². The molecule has 0 rings (SSSR count). The van der Waals surface area contributed by atoms with E-state index < -0.39 is 0 Å². The Balaban J connectivity index is 4.09. The van der Waals surface area contributed by atoms with Crippen LogP contribution in [-0.4, -0.2) is 17.2 Å². The van der Waals surface area contributed by atoms with Crippen LogP contribution in [0.4, 0.5) is 0 Å². The van der Waals surface area contributed by atoms with Crippen LogP contribution in [0, 0.1) is 0 Å². The highest BCUT2D eigenvalue weighted by Crippen LogP contribution is 2.13. The van der Waals surface area contributed by atoms with Crippen molar-refractivity contribution < 1.29 is 9.59 Å². The third-order valence-corrected chi connectivity index (χ3v) is 2.41. The van der Waals surface area contributed by atoms with Crippen molar-refractivity contribution in [3.05, 3.63) is 0 Å². The average Bonchev–Trinajstić information content (AvgIpc) is 2.02. The third-order valence-electron chi connectivity index (χ3n) is 2.41. The van der Waals surface area contributed by atoms with Crippen LogP contribution < -0.4 is 5.32 Å². The van der Waals surface area contributed by atoms with E-state index in [1.165, 1.54) is 6.92 Å². The number of nitrogens with one attached hydrogen (secondary N) is 1. The molecule has 0 saturated carbocycles. The summed E-state index contributed by atoms with van der Waals surface area (Å²) in [5.74, 6) is -0.259. The van der Waals surface area contributed by atoms with Gasteiger partial charge in [-0.15, -0.1) is 0 Å². The molecule has 0 aliphatic heterocycles. The predicted octanol–water partition coefficient (Wildman–Crippen LogP) is 1.66. The lowest BCUT2D eigenvalue weighted by atomic mass is 9.95. The van der Waals surface area contributed by atoms with Gasteiger partial charge in [0.1, 0.15) is 5.78 Å². The zero-order chi connectivity index (χ0) is 10.5. The normalized spacial score (nSPS) is 11.1. The topological polar surface area (TPSA) is 46.2 Å². The van der Waals surface area contributed by atoms with Gasteiger partial charge in [0, 0.05) is 5.54 Å². The second-order valence-corrected chi connectivity index (χ2v) is 3.69. The Morgan fingerprint density at radius 1 is 1.23 bits per heavy atom. The van der Waals surface area contributed by atoms with Gasteiger partial charge in [-0.2, -0.15) is 0 Å². The molecular formula is C10H19NO2. The summed E-state index contributed by atoms with van der Waals surface area (Å²) < 4.78 is 0. The number of ketones is 1. The lowest BCUT2D eigenvalue weighted by Gasteiger charge is -2.27. The summed E-state index contributed by atoms with van der Waals surface area (Å²) in [7, 11) is 0. The predicted molar refractivity (Wildman–Crippen MR) is 52.4 cm³/mol. The highest BCUT2D eigenvalue weighted by Gasteiger charge is 2.21. The second kappa shape index (κ2) is 5.00. The van der Waals surface area contributed by atoms with Gasteiger partial charge in [-0.05, 0) is 26.7 Å². The first-order valence-electron chi connectivity index (χ1n) is 4.74. The number of carbonyl (C=O) groups is 2. The highest BCUT2D eigenvalue weighted by molar-refractivity contribution is 5.97. The molecule has 13 heavy (non-hydrogen) atoms. The van der Waals surface area contributed by atoms with Gasteiger partial charge in [0.25, 0.3) is 0 Å². The van der Waals surface area contributed by atoms with Crippen LogP contribution >= 0.6 is 0 Å². The molecule has 0 aromatic rings. The maximum Gasteiger partial charge on any atom is 0.227 e. The fourth-order valence-electron chi connectivity index (χ4n) is 1.03. The molecule has 0 spiro atoms. The molecule has 0 aliphatic carbocycles. The van der Waals surface area contributed by atoms with Gasteiger partial charge in [-0.25, -0.2) is 0 Å². The molecule has 0 radical (unpaired) electrons. The molecule has 76 valence electrons. The van der Waals surface area contributed by atoms with Gasteiger partial charge < -0.3 is 5.32 Å². The standard InChI is InChI=1S/C10H19NO2/c1-5-10(4,6-2)11-9(13)7-8(3)12/h5-7H2,1-4H3,(H,11,13). The summed E-state index contributed by atoms with van der Waals surface area (Å²) in [6.45, 7) is 7.47. The van der Waals surface area contributed by atoms with Crippen LogP contribution in [0.15, 0.2) is 0 Å². The van der Waals surface area contributed by atoms with Crippen molar-refractivity contribution in [1.82, 2.24) is 5.32 Å². The first-order chi connectivity index (χ1) is 5.93. The Kier molecular flexibility index (Phi) is 4.67. The summed E-state index contributed by atoms with van der Waals surface area (Å²) in [5.41, 5.74) is -0.160. The maximum atomic E-state index is 11.3. The lowest BCUT2D eigenvalue weighted by Crippen LogP contribution is -2.45. The number of Topliss-reactive ketones (excluding diaryl/α,β-unsaturated/α-hetero) is 1. The minimum Gasteiger partial charge on any atom is -0.351 e. The van der Waals surface area contributed by atoms with Crippen LogP contribution in [0.25, 0.3) is 0 Å². The molecule has 0 unspecified atom stereocenters. The summed E-state index contributed by atoms with van der Waals surface area (Å²) in [6, 6.07) is 0. The Labute approximate surface area is 79.9 Å². The van der Waals surface area contributed by atoms with Crippen molar-refractivity contribution in [3.8, 4) is 0 Å². The second-order valence-electron chi connectivity index (χ2n) is 3.69. The first kappa shape index (κ1) is 12.1. The van der Waals surface area contributed by atoms with E-state index in [0.717, 1.165) is 12.8 Å². The van der Waals surface area contributed by atoms with Crippen LogP contribution in [0.2, 0.25) is 0 Å². The van der Waals surface area contributed by atoms with Gasteiger partial charge >= 0.3 is 0 Å². The van der Waals surface area contributed by atoms with Crippen LogP contribution in [0.1, 0.15) is 47.0 Å². The summed E-state index contributed by atoms with van der Waals surface area (Å²) >= 11 is 0. The molecule has 0 heterocycles. The largest absolute Gasteiger partial charge is 0.351 e. The monoisotopic (exact) mass is 185 g/mol. The maximum absolute atomic E-state index is 11.3. The van der Waals surface area contributed by atoms with E-state index in [2.05, 4.69) is 5.32 Å². The zero-order valence-corrected chi connectivity index (χ0v) is 8.94. The number of carbonyl (C=O) groups excluding carboxylic acids is 2. The Morgan fingerprint density at radius 2 is 1.69 bits per heavy atom. The smallest absolute Gasteiger partial charge is 0.227 e. The Hall–Kier alpha value is -0.860. The third kappa shape index (κ3) is 4.65. The zero-order valence-electron chi connectivity index (χ0n) is 8.94. The number of hydrogen-bond donors (Lipinski definition) is 1. The van der Waals surface area contributed by atoms with E-state index in [4.69, 9.17) is 0 Å². The molecule has 1 amide bonds. The van der Waals surface area contributed by atoms with Crippen molar-refractivity contribution in [1.29, 1.82) is 0 Å². The quantitative estimate of drug-likeness (QED) is 0.662. The minimum absolute atomic E-state index is 0.00438. The van der Waals surface area contributed by atoms with E-state index in [-0.39, 0.29) is 23.7 Å². The van der Waals surface area contributed by atoms with E-state index in [1.54, 1.807) is 0 Å². The molecule has 1 N–H and O–H groups in total. The van der Waals surface area contributed by atoms with Crippen molar-refractivity contribution in [2.75, 3.05) is 0 Å². The molecule has 3 heteroatoms. The fourth-order valence-corrected chi connectivity index (χ4v) is 1.03. The van der Waals surface area contributed by atoms with Crippen molar-refractivity contribution >= 4 is 11.7 Å². The van der Waals surface area contributed by atoms with Gasteiger partial charge in [-0.1, -0.05) is 13.8 Å². The SMILES string of the molecule is CCC(C)(CC)NC(=O)CC(C)=O. The molecule has 3 nitrogen and oxygen atoms in total. The van der Waals surface area contributed by atoms with E-state index in [1.807, 2.05) is 20.8 Å². The lowest BCUT2D eigenvalue weighted by molar-refractivity contribution is -0.128. The number of rotatable bonds is 5. The van der Waals surface area contributed by atoms with Crippen molar-refractivity contribution in [2.45, 2.75) is 52.5 Å². The van der Waals surface area contributed by atoms with Crippen LogP contribution in [-0.2, 0) is 9.59 Å². The fraction of sp³-hybridized carbons (Fsp3) is 0.800. The van der Waals surface area contributed by atoms with E-state index in [0.29, 0.717) is 0 Å². The molecule has 0 bridgehead atoms. The molecule has 0 atom stereocenters. The molecule has 0 fully saturated rings. The van der Waals surface area contributed by atoms with Crippen molar-refractivity contribution in [2.24, 2.45) is 0 Å². The van der Waals surface area contributed by atoms with E-state index >= 15 is 0 Å². The molecular weight excluding hydrogens is 166 g/mol. The number of hydrogen-bond acceptors (Lipinski definition) is 2. The minimum atomic E-state index is -0.168. The molecule has 0 aromatic heterocycles. The van der Waals surface area contributed by atoms with Gasteiger partial charge in [0.05, 0.1) is 6.42 Å². The Bertz CT molecular complexity index is 195. The summed E-state index contributed by atoms with van der Waals surface area (Å²) in [5, 5.41) is 2.86. The Morgan fingerprint density at radius 3 is 2.00 bits per heavy atom. The van der Waals surface area contributed by atoms with Crippen LogP contribution in [0.5, 0.6) is 0 Å². The first-order valence-corrected chi connectivity index (χ1v) is 4.74. The van der Waals surface area contributed by atoms with Crippen LogP contribution in [0.3, 0.4) is 0 Å². The summed E-state index contributed by atoms with van der Waals surface area (Å²) in [6.07, 6.45) is 1.76.